The zero-order valence-electron chi connectivity index (χ0n) is 13.1. The molecule has 0 fully saturated rings. The lowest BCUT2D eigenvalue weighted by atomic mass is 10.1. The van der Waals surface area contributed by atoms with E-state index >= 15 is 0 Å². The van der Waals surface area contributed by atoms with E-state index in [-0.39, 0.29) is 37.1 Å². The molecule has 2 aromatic rings. The molecule has 2 rings (SSSR count). The van der Waals surface area contributed by atoms with Gasteiger partial charge in [0.1, 0.15) is 0 Å². The van der Waals surface area contributed by atoms with Gasteiger partial charge in [-0.25, -0.2) is 0 Å². The first-order valence-corrected chi connectivity index (χ1v) is 7.60. The molecule has 0 unspecified atom stereocenters. The molecule has 24 heavy (non-hydrogen) atoms. The first kappa shape index (κ1) is 17.2. The van der Waals surface area contributed by atoms with Gasteiger partial charge in [-0.2, -0.15) is 0 Å². The second-order valence-electron chi connectivity index (χ2n) is 5.13. The van der Waals surface area contributed by atoms with Crippen LogP contribution in [0.2, 0.25) is 0 Å². The van der Waals surface area contributed by atoms with Crippen LogP contribution in [-0.2, 0) is 16.0 Å². The van der Waals surface area contributed by atoms with Crippen LogP contribution in [0.15, 0.2) is 60.7 Å². The van der Waals surface area contributed by atoms with Crippen molar-refractivity contribution in [1.29, 1.82) is 0 Å². The first-order chi connectivity index (χ1) is 11.6. The van der Waals surface area contributed by atoms with Crippen molar-refractivity contribution in [2.75, 3.05) is 6.54 Å². The van der Waals surface area contributed by atoms with E-state index in [0.717, 1.165) is 5.56 Å². The fourth-order valence-electron chi connectivity index (χ4n) is 2.01. The van der Waals surface area contributed by atoms with E-state index in [1.807, 2.05) is 36.4 Å². The minimum Gasteiger partial charge on any atom is -0.352 e. The molecule has 0 aliphatic carbocycles. The van der Waals surface area contributed by atoms with Crippen LogP contribution in [0.5, 0.6) is 0 Å². The Kier molecular flexibility index (Phi) is 6.52. The number of nitrogens with one attached hydrogen (secondary N) is 3. The van der Waals surface area contributed by atoms with E-state index in [0.29, 0.717) is 5.56 Å². The van der Waals surface area contributed by atoms with Crippen LogP contribution in [0.1, 0.15) is 22.3 Å². The van der Waals surface area contributed by atoms with Gasteiger partial charge in [0, 0.05) is 18.5 Å². The highest BCUT2D eigenvalue weighted by Gasteiger charge is 2.07. The molecule has 0 bridgehead atoms. The Morgan fingerprint density at radius 1 is 0.750 bits per heavy atom. The van der Waals surface area contributed by atoms with Gasteiger partial charge in [-0.05, 0) is 17.7 Å². The van der Waals surface area contributed by atoms with Crippen LogP contribution < -0.4 is 16.2 Å². The van der Waals surface area contributed by atoms with E-state index in [2.05, 4.69) is 16.2 Å². The Labute approximate surface area is 140 Å². The van der Waals surface area contributed by atoms with E-state index in [1.54, 1.807) is 24.3 Å². The molecular weight excluding hydrogens is 306 g/mol. The molecular formula is C18H19N3O3. The van der Waals surface area contributed by atoms with Gasteiger partial charge >= 0.3 is 0 Å². The summed E-state index contributed by atoms with van der Waals surface area (Å²) in [7, 11) is 0. The molecule has 0 radical (unpaired) electrons. The maximum absolute atomic E-state index is 11.8. The number of benzene rings is 2. The Morgan fingerprint density at radius 3 is 2.00 bits per heavy atom. The number of hydrazine groups is 1. The lowest BCUT2D eigenvalue weighted by Gasteiger charge is -2.08. The second-order valence-corrected chi connectivity index (χ2v) is 5.13. The van der Waals surface area contributed by atoms with Crippen LogP contribution in [0.3, 0.4) is 0 Å². The molecule has 6 heteroatoms. The normalized spacial score (nSPS) is 9.83. The maximum Gasteiger partial charge on any atom is 0.251 e. The fraction of sp³-hybridized carbons (Fsp3) is 0.167. The van der Waals surface area contributed by atoms with Gasteiger partial charge in [-0.1, -0.05) is 48.5 Å². The molecule has 0 heterocycles. The van der Waals surface area contributed by atoms with Crippen LogP contribution in [0, 0.1) is 0 Å². The van der Waals surface area contributed by atoms with Gasteiger partial charge < -0.3 is 5.32 Å². The monoisotopic (exact) mass is 325 g/mol. The zero-order chi connectivity index (χ0) is 17.2. The Balaban J connectivity index is 1.63. The molecule has 0 aromatic heterocycles. The summed E-state index contributed by atoms with van der Waals surface area (Å²) in [5.74, 6) is -0.913. The molecule has 0 aliphatic heterocycles. The van der Waals surface area contributed by atoms with Crippen molar-refractivity contribution in [3.63, 3.8) is 0 Å². The molecule has 0 saturated heterocycles. The van der Waals surface area contributed by atoms with Crippen LogP contribution in [0.25, 0.3) is 0 Å². The highest BCUT2D eigenvalue weighted by Crippen LogP contribution is 1.99. The summed E-state index contributed by atoms with van der Waals surface area (Å²) in [4.78, 5) is 35.1. The average molecular weight is 325 g/mol. The van der Waals surface area contributed by atoms with E-state index < -0.39 is 0 Å². The quantitative estimate of drug-likeness (QED) is 0.697. The van der Waals surface area contributed by atoms with Crippen LogP contribution in [-0.4, -0.2) is 24.3 Å². The number of carbonyl (C=O) groups is 3. The second kappa shape index (κ2) is 9.09. The largest absolute Gasteiger partial charge is 0.352 e. The minimum absolute atomic E-state index is 0.0736. The van der Waals surface area contributed by atoms with Gasteiger partial charge in [0.05, 0.1) is 6.42 Å². The highest BCUT2D eigenvalue weighted by atomic mass is 16.2. The van der Waals surface area contributed by atoms with Crippen molar-refractivity contribution in [3.8, 4) is 0 Å². The Bertz CT molecular complexity index is 687. The van der Waals surface area contributed by atoms with Crippen molar-refractivity contribution in [2.24, 2.45) is 0 Å². The predicted molar refractivity (Wildman–Crippen MR) is 89.8 cm³/mol. The van der Waals surface area contributed by atoms with Crippen molar-refractivity contribution < 1.29 is 14.4 Å². The summed E-state index contributed by atoms with van der Waals surface area (Å²) >= 11 is 0. The van der Waals surface area contributed by atoms with E-state index in [4.69, 9.17) is 0 Å². The van der Waals surface area contributed by atoms with Crippen molar-refractivity contribution in [3.05, 3.63) is 71.8 Å². The number of hydrogen-bond acceptors (Lipinski definition) is 3. The zero-order valence-corrected chi connectivity index (χ0v) is 13.1. The summed E-state index contributed by atoms with van der Waals surface area (Å²) in [6, 6.07) is 18.0. The van der Waals surface area contributed by atoms with Crippen molar-refractivity contribution >= 4 is 17.7 Å². The minimum atomic E-state index is -0.371. The standard InChI is InChI=1S/C18H19N3O3/c22-16(11-12-19-18(24)15-9-5-2-6-10-15)20-21-17(23)13-14-7-3-1-4-8-14/h1-10H,11-13H2,(H,19,24)(H,20,22)(H,21,23). The molecule has 0 saturated carbocycles. The molecule has 6 nitrogen and oxygen atoms in total. The average Bonchev–Trinajstić information content (AvgIpc) is 2.61. The summed E-state index contributed by atoms with van der Waals surface area (Å²) in [6.07, 6.45) is 0.260. The summed E-state index contributed by atoms with van der Waals surface area (Å²) in [5, 5.41) is 2.64. The summed E-state index contributed by atoms with van der Waals surface area (Å²) in [6.45, 7) is 0.189. The highest BCUT2D eigenvalue weighted by molar-refractivity contribution is 5.94. The van der Waals surface area contributed by atoms with E-state index in [9.17, 15) is 14.4 Å². The van der Waals surface area contributed by atoms with Crippen LogP contribution in [0.4, 0.5) is 0 Å². The number of amides is 3. The van der Waals surface area contributed by atoms with E-state index in [1.165, 1.54) is 0 Å². The number of rotatable bonds is 6. The third-order valence-corrected chi connectivity index (χ3v) is 3.22. The van der Waals surface area contributed by atoms with Crippen molar-refractivity contribution in [1.82, 2.24) is 16.2 Å². The van der Waals surface area contributed by atoms with Gasteiger partial charge in [-0.15, -0.1) is 0 Å². The maximum atomic E-state index is 11.8. The van der Waals surface area contributed by atoms with Gasteiger partial charge in [0.15, 0.2) is 0 Å². The van der Waals surface area contributed by atoms with Gasteiger partial charge in [0.2, 0.25) is 11.8 Å². The first-order valence-electron chi connectivity index (χ1n) is 7.60. The number of carbonyl (C=O) groups excluding carboxylic acids is 3. The fourth-order valence-corrected chi connectivity index (χ4v) is 2.01. The molecule has 0 atom stereocenters. The SMILES string of the molecule is O=C(CCNC(=O)c1ccccc1)NNC(=O)Cc1ccccc1. The predicted octanol–water partition coefficient (Wildman–Crippen LogP) is 1.20. The lowest BCUT2D eigenvalue weighted by Crippen LogP contribution is -2.43. The smallest absolute Gasteiger partial charge is 0.251 e. The topological polar surface area (TPSA) is 87.3 Å². The summed E-state index contributed by atoms with van der Waals surface area (Å²) in [5.41, 5.74) is 6.07. The van der Waals surface area contributed by atoms with Crippen molar-refractivity contribution in [2.45, 2.75) is 12.8 Å². The third kappa shape index (κ3) is 5.92. The number of hydrogen-bond donors (Lipinski definition) is 3. The lowest BCUT2D eigenvalue weighted by molar-refractivity contribution is -0.128. The van der Waals surface area contributed by atoms with Gasteiger partial charge in [0.25, 0.3) is 5.91 Å². The molecule has 3 N–H and O–H groups in total. The van der Waals surface area contributed by atoms with Crippen LogP contribution >= 0.6 is 0 Å². The summed E-state index contributed by atoms with van der Waals surface area (Å²) < 4.78 is 0. The Hall–Kier alpha value is -3.15. The molecule has 0 aliphatic rings. The third-order valence-electron chi connectivity index (χ3n) is 3.22. The molecule has 2 aromatic carbocycles. The Morgan fingerprint density at radius 2 is 1.33 bits per heavy atom. The molecule has 3 amide bonds. The van der Waals surface area contributed by atoms with Gasteiger partial charge in [-0.3, -0.25) is 25.2 Å². The molecule has 0 spiro atoms. The molecule has 124 valence electrons.